The van der Waals surface area contributed by atoms with Gasteiger partial charge < -0.3 is 10.2 Å². The van der Waals surface area contributed by atoms with Crippen LogP contribution in [0.25, 0.3) is 10.6 Å². The molecule has 2 heterocycles. The number of piperazine rings is 1. The number of nitrogens with one attached hydrogen (secondary N) is 1. The quantitative estimate of drug-likeness (QED) is 0.925. The van der Waals surface area contributed by atoms with Gasteiger partial charge in [-0.2, -0.15) is 0 Å². The van der Waals surface area contributed by atoms with E-state index in [4.69, 9.17) is 11.6 Å². The van der Waals surface area contributed by atoms with E-state index in [9.17, 15) is 4.79 Å². The molecule has 21 heavy (non-hydrogen) atoms. The lowest BCUT2D eigenvalue weighted by Gasteiger charge is -2.33. The molecule has 1 aliphatic rings. The topological polar surface area (TPSA) is 45.2 Å². The normalized spacial score (nSPS) is 18.8. The van der Waals surface area contributed by atoms with Crippen LogP contribution in [0.15, 0.2) is 30.5 Å². The summed E-state index contributed by atoms with van der Waals surface area (Å²) in [7, 11) is 0. The zero-order valence-electron chi connectivity index (χ0n) is 11.7. The van der Waals surface area contributed by atoms with Gasteiger partial charge in [-0.25, -0.2) is 4.98 Å². The van der Waals surface area contributed by atoms with Crippen molar-refractivity contribution in [1.29, 1.82) is 0 Å². The van der Waals surface area contributed by atoms with Crippen molar-refractivity contribution in [1.82, 2.24) is 15.2 Å². The number of aromatic nitrogens is 1. The number of amides is 1. The van der Waals surface area contributed by atoms with Gasteiger partial charge >= 0.3 is 0 Å². The Bertz CT molecular complexity index is 658. The van der Waals surface area contributed by atoms with Crippen LogP contribution in [0.1, 0.15) is 16.6 Å². The van der Waals surface area contributed by atoms with Crippen molar-refractivity contribution < 1.29 is 4.79 Å². The molecule has 1 aliphatic heterocycles. The fourth-order valence-corrected chi connectivity index (χ4v) is 3.61. The largest absolute Gasteiger partial charge is 0.333 e. The average molecular weight is 322 g/mol. The van der Waals surface area contributed by atoms with E-state index in [1.165, 1.54) is 11.3 Å². The van der Waals surface area contributed by atoms with Crippen LogP contribution in [0.2, 0.25) is 5.02 Å². The molecule has 110 valence electrons. The molecule has 2 aromatic rings. The highest BCUT2D eigenvalue weighted by atomic mass is 35.5. The molecule has 6 heteroatoms. The Labute approximate surface area is 132 Å². The van der Waals surface area contributed by atoms with E-state index in [1.807, 2.05) is 29.2 Å². The zero-order chi connectivity index (χ0) is 14.8. The fourth-order valence-electron chi connectivity index (χ4n) is 2.42. The molecule has 0 unspecified atom stereocenters. The maximum Gasteiger partial charge on any atom is 0.265 e. The highest BCUT2D eigenvalue weighted by Gasteiger charge is 2.25. The van der Waals surface area contributed by atoms with Gasteiger partial charge in [-0.3, -0.25) is 4.79 Å². The highest BCUT2D eigenvalue weighted by molar-refractivity contribution is 7.17. The molecular weight excluding hydrogens is 306 g/mol. The number of hydrogen-bond acceptors (Lipinski definition) is 4. The number of benzene rings is 1. The summed E-state index contributed by atoms with van der Waals surface area (Å²) in [5.41, 5.74) is 0.872. The first-order chi connectivity index (χ1) is 10.2. The van der Waals surface area contributed by atoms with E-state index in [0.717, 1.165) is 30.2 Å². The van der Waals surface area contributed by atoms with Crippen LogP contribution in [0, 0.1) is 0 Å². The molecule has 1 aromatic carbocycles. The van der Waals surface area contributed by atoms with Crippen molar-refractivity contribution in [2.75, 3.05) is 19.6 Å². The Morgan fingerprint density at radius 1 is 1.48 bits per heavy atom. The molecule has 1 N–H and O–H groups in total. The molecule has 1 aromatic heterocycles. The van der Waals surface area contributed by atoms with Crippen LogP contribution in [-0.4, -0.2) is 41.5 Å². The van der Waals surface area contributed by atoms with E-state index in [1.54, 1.807) is 6.20 Å². The minimum atomic E-state index is 0.0554. The van der Waals surface area contributed by atoms with Crippen LogP contribution >= 0.6 is 22.9 Å². The van der Waals surface area contributed by atoms with Crippen LogP contribution < -0.4 is 5.32 Å². The van der Waals surface area contributed by atoms with E-state index < -0.39 is 0 Å². The summed E-state index contributed by atoms with van der Waals surface area (Å²) >= 11 is 7.58. The Morgan fingerprint density at radius 2 is 2.29 bits per heavy atom. The number of thiazole rings is 1. The van der Waals surface area contributed by atoms with E-state index in [2.05, 4.69) is 17.2 Å². The van der Waals surface area contributed by atoms with Gasteiger partial charge in [0.1, 0.15) is 9.88 Å². The van der Waals surface area contributed by atoms with Crippen LogP contribution in [0.3, 0.4) is 0 Å². The molecule has 0 aliphatic carbocycles. The Kier molecular flexibility index (Phi) is 4.24. The summed E-state index contributed by atoms with van der Waals surface area (Å²) in [5, 5.41) is 4.72. The van der Waals surface area contributed by atoms with Crippen molar-refractivity contribution in [2.24, 2.45) is 0 Å². The number of halogens is 1. The molecule has 0 spiro atoms. The summed E-state index contributed by atoms with van der Waals surface area (Å²) in [4.78, 5) is 19.5. The number of carbonyl (C=O) groups is 1. The van der Waals surface area contributed by atoms with E-state index in [0.29, 0.717) is 9.90 Å². The third-order valence-electron chi connectivity index (χ3n) is 3.58. The Morgan fingerprint density at radius 3 is 3.05 bits per heavy atom. The summed E-state index contributed by atoms with van der Waals surface area (Å²) in [6.07, 6.45) is 1.65. The van der Waals surface area contributed by atoms with Gasteiger partial charge in [-0.05, 0) is 13.0 Å². The van der Waals surface area contributed by atoms with Crippen LogP contribution in [0.4, 0.5) is 0 Å². The summed E-state index contributed by atoms with van der Waals surface area (Å²) < 4.78 is 0. The molecule has 4 nitrogen and oxygen atoms in total. The van der Waals surface area contributed by atoms with Gasteiger partial charge in [0.15, 0.2) is 0 Å². The monoisotopic (exact) mass is 321 g/mol. The van der Waals surface area contributed by atoms with Gasteiger partial charge in [0.05, 0.1) is 11.2 Å². The Hall–Kier alpha value is -1.43. The van der Waals surface area contributed by atoms with Crippen molar-refractivity contribution in [3.8, 4) is 10.6 Å². The SMILES string of the molecule is C[C@H]1CNCCN1C(=O)c1cnc(-c2ccccc2Cl)s1. The molecule has 1 saturated heterocycles. The second-order valence-corrected chi connectivity index (χ2v) is 6.50. The predicted octanol–water partition coefficient (Wildman–Crippen LogP) is 2.90. The first-order valence-electron chi connectivity index (χ1n) is 6.89. The second-order valence-electron chi connectivity index (χ2n) is 5.06. The molecule has 0 bridgehead atoms. The van der Waals surface area contributed by atoms with Gasteiger partial charge in [-0.1, -0.05) is 29.8 Å². The number of hydrogen-bond donors (Lipinski definition) is 1. The molecule has 1 atom stereocenters. The standard InChI is InChI=1S/C15H16ClN3OS/c1-10-8-17-6-7-19(10)15(20)13-9-18-14(21-13)11-4-2-3-5-12(11)16/h2-5,9-10,17H,6-8H2,1H3/t10-/m0/s1. The van der Waals surface area contributed by atoms with Gasteiger partial charge in [0.25, 0.3) is 5.91 Å². The number of nitrogens with zero attached hydrogens (tertiary/aromatic N) is 2. The minimum absolute atomic E-state index is 0.0554. The molecule has 0 radical (unpaired) electrons. The maximum absolute atomic E-state index is 12.6. The lowest BCUT2D eigenvalue weighted by molar-refractivity contribution is 0.0660. The molecular formula is C15H16ClN3OS. The van der Waals surface area contributed by atoms with E-state index in [-0.39, 0.29) is 11.9 Å². The molecule has 0 saturated carbocycles. The smallest absolute Gasteiger partial charge is 0.265 e. The summed E-state index contributed by atoms with van der Waals surface area (Å²) in [6, 6.07) is 7.76. The molecule has 1 amide bonds. The average Bonchev–Trinajstić information content (AvgIpc) is 2.97. The summed E-state index contributed by atoms with van der Waals surface area (Å²) in [6.45, 7) is 4.47. The van der Waals surface area contributed by atoms with Gasteiger partial charge in [0, 0.05) is 31.2 Å². The van der Waals surface area contributed by atoms with Crippen molar-refractivity contribution in [3.63, 3.8) is 0 Å². The van der Waals surface area contributed by atoms with Gasteiger partial charge in [0.2, 0.25) is 0 Å². The maximum atomic E-state index is 12.6. The fraction of sp³-hybridized carbons (Fsp3) is 0.333. The van der Waals surface area contributed by atoms with Crippen molar-refractivity contribution >= 4 is 28.8 Å². The van der Waals surface area contributed by atoms with Crippen LogP contribution in [-0.2, 0) is 0 Å². The summed E-state index contributed by atoms with van der Waals surface area (Å²) in [5.74, 6) is 0.0554. The highest BCUT2D eigenvalue weighted by Crippen LogP contribution is 2.31. The molecule has 3 rings (SSSR count). The zero-order valence-corrected chi connectivity index (χ0v) is 13.2. The Balaban J connectivity index is 1.85. The number of rotatable bonds is 2. The van der Waals surface area contributed by atoms with Crippen molar-refractivity contribution in [2.45, 2.75) is 13.0 Å². The van der Waals surface area contributed by atoms with Crippen LogP contribution in [0.5, 0.6) is 0 Å². The third-order valence-corrected chi connectivity index (χ3v) is 4.93. The minimum Gasteiger partial charge on any atom is -0.333 e. The lowest BCUT2D eigenvalue weighted by atomic mass is 10.2. The predicted molar refractivity (Wildman–Crippen MR) is 85.9 cm³/mol. The van der Waals surface area contributed by atoms with E-state index >= 15 is 0 Å². The third kappa shape index (κ3) is 2.95. The van der Waals surface area contributed by atoms with Gasteiger partial charge in [-0.15, -0.1) is 11.3 Å². The first-order valence-corrected chi connectivity index (χ1v) is 8.08. The first kappa shape index (κ1) is 14.5. The molecule has 1 fully saturated rings. The lowest BCUT2D eigenvalue weighted by Crippen LogP contribution is -2.52. The van der Waals surface area contributed by atoms with Crippen molar-refractivity contribution in [3.05, 3.63) is 40.4 Å². The number of carbonyl (C=O) groups excluding carboxylic acids is 1. The second kappa shape index (κ2) is 6.13.